The fourth-order valence-corrected chi connectivity index (χ4v) is 1.82. The molecule has 1 aromatic heterocycles. The zero-order chi connectivity index (χ0) is 11.5. The number of hydrogen-bond acceptors (Lipinski definition) is 4. The monoisotopic (exact) mass is 229 g/mol. The molecule has 0 aromatic carbocycles. The van der Waals surface area contributed by atoms with Gasteiger partial charge in [-0.1, -0.05) is 6.07 Å². The average molecular weight is 229 g/mol. The Morgan fingerprint density at radius 2 is 2.40 bits per heavy atom. The zero-order valence-electron chi connectivity index (χ0n) is 8.73. The molecule has 84 valence electrons. The molecule has 1 rings (SSSR count). The van der Waals surface area contributed by atoms with Crippen molar-refractivity contribution >= 4 is 17.3 Å². The van der Waals surface area contributed by atoms with Crippen molar-refractivity contribution in [1.82, 2.24) is 5.32 Å². The summed E-state index contributed by atoms with van der Waals surface area (Å²) >= 11 is 1.60. The molecule has 1 heterocycles. The van der Waals surface area contributed by atoms with E-state index in [2.05, 4.69) is 5.32 Å². The summed E-state index contributed by atoms with van der Waals surface area (Å²) in [6, 6.07) is 3.96. The summed E-state index contributed by atoms with van der Waals surface area (Å²) in [5.41, 5.74) is -1.72. The Bertz CT molecular complexity index is 321. The first-order chi connectivity index (χ1) is 6.93. The molecule has 0 aliphatic heterocycles. The summed E-state index contributed by atoms with van der Waals surface area (Å²) in [7, 11) is 0. The minimum Gasteiger partial charge on any atom is -0.479 e. The lowest BCUT2D eigenvalue weighted by Gasteiger charge is -2.21. The third-order valence-electron chi connectivity index (χ3n) is 2.18. The van der Waals surface area contributed by atoms with Gasteiger partial charge in [-0.25, -0.2) is 4.79 Å². The van der Waals surface area contributed by atoms with Crippen LogP contribution in [0.15, 0.2) is 17.5 Å². The minimum atomic E-state index is -1.72. The highest BCUT2D eigenvalue weighted by Gasteiger charge is 2.29. The minimum absolute atomic E-state index is 0.0292. The summed E-state index contributed by atoms with van der Waals surface area (Å²) in [5, 5.41) is 23.1. The van der Waals surface area contributed by atoms with Gasteiger partial charge in [0.2, 0.25) is 0 Å². The Morgan fingerprint density at radius 3 is 2.87 bits per heavy atom. The fraction of sp³-hybridized carbons (Fsp3) is 0.500. The molecule has 1 aromatic rings. The van der Waals surface area contributed by atoms with Crippen LogP contribution in [0.2, 0.25) is 0 Å². The maximum Gasteiger partial charge on any atom is 0.336 e. The molecular weight excluding hydrogens is 214 g/mol. The predicted molar refractivity (Wildman–Crippen MR) is 59.0 cm³/mol. The second-order valence-electron chi connectivity index (χ2n) is 3.70. The largest absolute Gasteiger partial charge is 0.479 e. The maximum absolute atomic E-state index is 10.6. The van der Waals surface area contributed by atoms with Gasteiger partial charge in [0.25, 0.3) is 0 Å². The standard InChI is InChI=1S/C10H15NO3S/c1-7(8-4-3-5-15-8)11-6-10(2,14)9(12)13/h3-5,7,11,14H,6H2,1-2H3,(H,12,13)/t7-,10?/m0/s1. The molecule has 0 radical (unpaired) electrons. The van der Waals surface area contributed by atoms with Crippen molar-refractivity contribution in [3.63, 3.8) is 0 Å². The topological polar surface area (TPSA) is 69.6 Å². The summed E-state index contributed by atoms with van der Waals surface area (Å²) in [5.74, 6) is -1.21. The van der Waals surface area contributed by atoms with Crippen molar-refractivity contribution in [1.29, 1.82) is 0 Å². The van der Waals surface area contributed by atoms with E-state index >= 15 is 0 Å². The van der Waals surface area contributed by atoms with Gasteiger partial charge in [0.15, 0.2) is 5.60 Å². The van der Waals surface area contributed by atoms with Crippen LogP contribution in [0.4, 0.5) is 0 Å². The van der Waals surface area contributed by atoms with Gasteiger partial charge in [-0.2, -0.15) is 0 Å². The van der Waals surface area contributed by atoms with Crippen LogP contribution in [0, 0.1) is 0 Å². The van der Waals surface area contributed by atoms with Gasteiger partial charge in [0.05, 0.1) is 0 Å². The number of thiophene rings is 1. The molecule has 0 saturated carbocycles. The van der Waals surface area contributed by atoms with Crippen molar-refractivity contribution < 1.29 is 15.0 Å². The normalized spacial score (nSPS) is 17.0. The Labute approximate surface area is 92.6 Å². The molecule has 0 amide bonds. The number of carboxylic acids is 1. The molecule has 0 bridgehead atoms. The molecule has 0 aliphatic carbocycles. The molecule has 2 atom stereocenters. The molecular formula is C10H15NO3S. The van der Waals surface area contributed by atoms with E-state index in [1.807, 2.05) is 24.4 Å². The summed E-state index contributed by atoms with van der Waals surface area (Å²) < 4.78 is 0. The van der Waals surface area contributed by atoms with Gasteiger partial charge in [-0.3, -0.25) is 0 Å². The second-order valence-corrected chi connectivity index (χ2v) is 4.68. The van der Waals surface area contributed by atoms with Crippen LogP contribution in [-0.4, -0.2) is 28.3 Å². The Kier molecular flexibility index (Phi) is 3.84. The van der Waals surface area contributed by atoms with E-state index in [4.69, 9.17) is 5.11 Å². The van der Waals surface area contributed by atoms with Gasteiger partial charge in [-0.05, 0) is 25.3 Å². The number of carbonyl (C=O) groups is 1. The SMILES string of the molecule is C[C@H](NCC(C)(O)C(=O)O)c1cccs1. The summed E-state index contributed by atoms with van der Waals surface area (Å²) in [6.45, 7) is 3.24. The van der Waals surface area contributed by atoms with Crippen LogP contribution in [0.25, 0.3) is 0 Å². The van der Waals surface area contributed by atoms with E-state index in [0.29, 0.717) is 0 Å². The molecule has 3 N–H and O–H groups in total. The fourth-order valence-electron chi connectivity index (χ4n) is 1.07. The highest BCUT2D eigenvalue weighted by Crippen LogP contribution is 2.18. The van der Waals surface area contributed by atoms with E-state index in [-0.39, 0.29) is 12.6 Å². The first kappa shape index (κ1) is 12.2. The number of nitrogens with one attached hydrogen (secondary N) is 1. The first-order valence-corrected chi connectivity index (χ1v) is 5.54. The Balaban J connectivity index is 2.47. The smallest absolute Gasteiger partial charge is 0.336 e. The van der Waals surface area contributed by atoms with Crippen molar-refractivity contribution in [2.75, 3.05) is 6.54 Å². The maximum atomic E-state index is 10.6. The van der Waals surface area contributed by atoms with Crippen molar-refractivity contribution in [2.24, 2.45) is 0 Å². The van der Waals surface area contributed by atoms with Gasteiger partial charge >= 0.3 is 5.97 Å². The number of hydrogen-bond donors (Lipinski definition) is 3. The molecule has 15 heavy (non-hydrogen) atoms. The van der Waals surface area contributed by atoms with Gasteiger partial charge < -0.3 is 15.5 Å². The Morgan fingerprint density at radius 1 is 1.73 bits per heavy atom. The predicted octanol–water partition coefficient (Wildman–Crippen LogP) is 1.23. The zero-order valence-corrected chi connectivity index (χ0v) is 9.54. The molecule has 0 saturated heterocycles. The molecule has 4 nitrogen and oxygen atoms in total. The number of rotatable bonds is 5. The number of aliphatic hydroxyl groups is 1. The second kappa shape index (κ2) is 4.74. The number of aliphatic carboxylic acids is 1. The van der Waals surface area contributed by atoms with Crippen LogP contribution in [0.5, 0.6) is 0 Å². The average Bonchev–Trinajstić information content (AvgIpc) is 2.66. The summed E-state index contributed by atoms with van der Waals surface area (Å²) in [6.07, 6.45) is 0. The van der Waals surface area contributed by atoms with Crippen molar-refractivity contribution in [2.45, 2.75) is 25.5 Å². The molecule has 0 spiro atoms. The summed E-state index contributed by atoms with van der Waals surface area (Å²) in [4.78, 5) is 11.8. The van der Waals surface area contributed by atoms with Crippen LogP contribution in [0.1, 0.15) is 24.8 Å². The van der Waals surface area contributed by atoms with Crippen LogP contribution in [0.3, 0.4) is 0 Å². The van der Waals surface area contributed by atoms with Gasteiger partial charge in [0, 0.05) is 17.5 Å². The molecule has 1 unspecified atom stereocenters. The van der Waals surface area contributed by atoms with E-state index in [1.54, 1.807) is 11.3 Å². The first-order valence-electron chi connectivity index (χ1n) is 4.66. The van der Waals surface area contributed by atoms with Crippen LogP contribution < -0.4 is 5.32 Å². The Hall–Kier alpha value is -0.910. The lowest BCUT2D eigenvalue weighted by molar-refractivity contribution is -0.156. The highest BCUT2D eigenvalue weighted by atomic mass is 32.1. The van der Waals surface area contributed by atoms with Gasteiger partial charge in [0.1, 0.15) is 0 Å². The van der Waals surface area contributed by atoms with E-state index in [0.717, 1.165) is 4.88 Å². The van der Waals surface area contributed by atoms with Gasteiger partial charge in [-0.15, -0.1) is 11.3 Å². The lowest BCUT2D eigenvalue weighted by Crippen LogP contribution is -2.45. The van der Waals surface area contributed by atoms with E-state index in [9.17, 15) is 9.90 Å². The molecule has 5 heteroatoms. The van der Waals surface area contributed by atoms with Crippen molar-refractivity contribution in [3.8, 4) is 0 Å². The van der Waals surface area contributed by atoms with E-state index < -0.39 is 11.6 Å². The molecule has 0 fully saturated rings. The number of carboxylic acid groups (broad SMARTS) is 1. The highest BCUT2D eigenvalue weighted by molar-refractivity contribution is 7.10. The molecule has 0 aliphatic rings. The van der Waals surface area contributed by atoms with Crippen LogP contribution >= 0.6 is 11.3 Å². The van der Waals surface area contributed by atoms with Crippen LogP contribution in [-0.2, 0) is 4.79 Å². The third kappa shape index (κ3) is 3.30. The quantitative estimate of drug-likeness (QED) is 0.710. The van der Waals surface area contributed by atoms with Crippen molar-refractivity contribution in [3.05, 3.63) is 22.4 Å². The lowest BCUT2D eigenvalue weighted by atomic mass is 10.1. The van der Waals surface area contributed by atoms with E-state index in [1.165, 1.54) is 6.92 Å². The third-order valence-corrected chi connectivity index (χ3v) is 3.24.